The number of carbonyl (C=O) groups excluding carboxylic acids is 1. The van der Waals surface area contributed by atoms with Crippen molar-refractivity contribution in [2.75, 3.05) is 7.11 Å². The lowest BCUT2D eigenvalue weighted by Crippen LogP contribution is -2.41. The first-order valence-corrected chi connectivity index (χ1v) is 7.94. The fraction of sp³-hybridized carbons (Fsp3) is 0.611. The van der Waals surface area contributed by atoms with E-state index in [9.17, 15) is 4.79 Å². The highest BCUT2D eigenvalue weighted by Crippen LogP contribution is 2.25. The Morgan fingerprint density at radius 2 is 1.86 bits per heavy atom. The van der Waals surface area contributed by atoms with Gasteiger partial charge in [-0.25, -0.2) is 0 Å². The minimum Gasteiger partial charge on any atom is -0.497 e. The third kappa shape index (κ3) is 3.99. The number of ether oxygens (including phenoxy) is 1. The van der Waals surface area contributed by atoms with Crippen LogP contribution in [-0.4, -0.2) is 19.1 Å². The Hall–Kier alpha value is -1.51. The van der Waals surface area contributed by atoms with Crippen molar-refractivity contribution in [1.82, 2.24) is 5.32 Å². The largest absolute Gasteiger partial charge is 0.497 e. The molecular formula is C18H27NO2. The molecular weight excluding hydrogens is 262 g/mol. The minimum absolute atomic E-state index is 0.144. The Kier molecular flexibility index (Phi) is 5.27. The number of nitrogens with one attached hydrogen (secondary N) is 1. The highest BCUT2D eigenvalue weighted by atomic mass is 16.5. The van der Waals surface area contributed by atoms with Crippen molar-refractivity contribution in [3.05, 3.63) is 28.8 Å². The molecule has 116 valence electrons. The average molecular weight is 289 g/mol. The molecule has 0 heterocycles. The van der Waals surface area contributed by atoms with Crippen molar-refractivity contribution in [2.24, 2.45) is 5.92 Å². The van der Waals surface area contributed by atoms with Gasteiger partial charge in [0, 0.05) is 6.04 Å². The van der Waals surface area contributed by atoms with E-state index in [-0.39, 0.29) is 5.91 Å². The van der Waals surface area contributed by atoms with Gasteiger partial charge >= 0.3 is 0 Å². The molecule has 21 heavy (non-hydrogen) atoms. The Bertz CT molecular complexity index is 487. The molecule has 1 aliphatic rings. The van der Waals surface area contributed by atoms with E-state index < -0.39 is 0 Å². The predicted molar refractivity (Wildman–Crippen MR) is 85.7 cm³/mol. The SMILES string of the molecule is COc1cc(C)c(CC(=O)NC2CCCCC2C)c(C)c1. The number of methoxy groups -OCH3 is 1. The molecule has 1 saturated carbocycles. The number of benzene rings is 1. The maximum Gasteiger partial charge on any atom is 0.224 e. The zero-order valence-electron chi connectivity index (χ0n) is 13.7. The summed E-state index contributed by atoms with van der Waals surface area (Å²) < 4.78 is 5.27. The van der Waals surface area contributed by atoms with Crippen LogP contribution in [0.2, 0.25) is 0 Å². The van der Waals surface area contributed by atoms with Crippen LogP contribution in [0.1, 0.15) is 49.3 Å². The van der Waals surface area contributed by atoms with Gasteiger partial charge in [-0.15, -0.1) is 0 Å². The first-order chi connectivity index (χ1) is 10.0. The molecule has 0 aliphatic heterocycles. The molecule has 1 N–H and O–H groups in total. The van der Waals surface area contributed by atoms with Gasteiger partial charge in [0.1, 0.15) is 5.75 Å². The molecule has 2 unspecified atom stereocenters. The van der Waals surface area contributed by atoms with E-state index in [4.69, 9.17) is 4.74 Å². The van der Waals surface area contributed by atoms with Crippen LogP contribution in [-0.2, 0) is 11.2 Å². The summed E-state index contributed by atoms with van der Waals surface area (Å²) in [5, 5.41) is 3.23. The van der Waals surface area contributed by atoms with Crippen molar-refractivity contribution in [2.45, 2.75) is 58.9 Å². The smallest absolute Gasteiger partial charge is 0.224 e. The normalized spacial score (nSPS) is 21.9. The summed E-state index contributed by atoms with van der Waals surface area (Å²) in [7, 11) is 1.67. The van der Waals surface area contributed by atoms with Gasteiger partial charge in [-0.3, -0.25) is 4.79 Å². The fourth-order valence-electron chi connectivity index (χ4n) is 3.30. The van der Waals surface area contributed by atoms with E-state index in [2.05, 4.69) is 12.2 Å². The summed E-state index contributed by atoms with van der Waals surface area (Å²) in [6.45, 7) is 6.33. The maximum absolute atomic E-state index is 12.3. The molecule has 2 rings (SSSR count). The molecule has 1 amide bonds. The zero-order valence-corrected chi connectivity index (χ0v) is 13.7. The Morgan fingerprint density at radius 3 is 2.43 bits per heavy atom. The van der Waals surface area contributed by atoms with Gasteiger partial charge in [0.15, 0.2) is 0 Å². The number of rotatable bonds is 4. The number of aryl methyl sites for hydroxylation is 2. The summed E-state index contributed by atoms with van der Waals surface area (Å²) in [4.78, 5) is 12.3. The predicted octanol–water partition coefficient (Wildman–Crippen LogP) is 3.55. The van der Waals surface area contributed by atoms with E-state index in [0.29, 0.717) is 18.4 Å². The highest BCUT2D eigenvalue weighted by Gasteiger charge is 2.23. The molecule has 0 saturated heterocycles. The third-order valence-electron chi connectivity index (χ3n) is 4.70. The van der Waals surface area contributed by atoms with Crippen LogP contribution in [0.15, 0.2) is 12.1 Å². The van der Waals surface area contributed by atoms with Crippen molar-refractivity contribution >= 4 is 5.91 Å². The summed E-state index contributed by atoms with van der Waals surface area (Å²) >= 11 is 0. The van der Waals surface area contributed by atoms with E-state index in [1.807, 2.05) is 26.0 Å². The van der Waals surface area contributed by atoms with E-state index in [0.717, 1.165) is 28.9 Å². The van der Waals surface area contributed by atoms with Gasteiger partial charge in [-0.2, -0.15) is 0 Å². The van der Waals surface area contributed by atoms with Crippen molar-refractivity contribution in [3.8, 4) is 5.75 Å². The number of carbonyl (C=O) groups is 1. The molecule has 0 bridgehead atoms. The molecule has 1 aliphatic carbocycles. The van der Waals surface area contributed by atoms with Crippen molar-refractivity contribution < 1.29 is 9.53 Å². The standard InChI is InChI=1S/C18H27NO2/c1-12-7-5-6-8-17(12)19-18(20)11-16-13(2)9-15(21-4)10-14(16)3/h9-10,12,17H,5-8,11H2,1-4H3,(H,19,20). The lowest BCUT2D eigenvalue weighted by Gasteiger charge is -2.29. The number of hydrogen-bond donors (Lipinski definition) is 1. The molecule has 0 aromatic heterocycles. The Labute approximate surface area is 128 Å². The Morgan fingerprint density at radius 1 is 1.24 bits per heavy atom. The second-order valence-electron chi connectivity index (χ2n) is 6.35. The van der Waals surface area contributed by atoms with Gasteiger partial charge in [-0.05, 0) is 61.4 Å². The molecule has 0 spiro atoms. The summed E-state index contributed by atoms with van der Waals surface area (Å²) in [6.07, 6.45) is 5.34. The van der Waals surface area contributed by atoms with Gasteiger partial charge in [0.2, 0.25) is 5.91 Å². The topological polar surface area (TPSA) is 38.3 Å². The fourth-order valence-corrected chi connectivity index (χ4v) is 3.30. The van der Waals surface area contributed by atoms with Gasteiger partial charge in [0.25, 0.3) is 0 Å². The van der Waals surface area contributed by atoms with Crippen molar-refractivity contribution in [1.29, 1.82) is 0 Å². The van der Waals surface area contributed by atoms with Crippen LogP contribution < -0.4 is 10.1 Å². The quantitative estimate of drug-likeness (QED) is 0.920. The van der Waals surface area contributed by atoms with Gasteiger partial charge in [-0.1, -0.05) is 19.8 Å². The minimum atomic E-state index is 0.144. The monoisotopic (exact) mass is 289 g/mol. The summed E-state index contributed by atoms with van der Waals surface area (Å²) in [5.74, 6) is 1.60. The van der Waals surface area contributed by atoms with Crippen LogP contribution in [0.25, 0.3) is 0 Å². The molecule has 3 heteroatoms. The average Bonchev–Trinajstić information content (AvgIpc) is 2.45. The summed E-state index contributed by atoms with van der Waals surface area (Å²) in [6, 6.07) is 4.35. The first-order valence-electron chi connectivity index (χ1n) is 7.94. The van der Waals surface area contributed by atoms with Crippen LogP contribution in [0, 0.1) is 19.8 Å². The third-order valence-corrected chi connectivity index (χ3v) is 4.70. The molecule has 2 atom stereocenters. The lowest BCUT2D eigenvalue weighted by molar-refractivity contribution is -0.121. The summed E-state index contributed by atoms with van der Waals surface area (Å²) in [5.41, 5.74) is 3.37. The van der Waals surface area contributed by atoms with Crippen LogP contribution in [0.3, 0.4) is 0 Å². The van der Waals surface area contributed by atoms with Crippen molar-refractivity contribution in [3.63, 3.8) is 0 Å². The first kappa shape index (κ1) is 15.9. The molecule has 0 radical (unpaired) electrons. The van der Waals surface area contributed by atoms with Crippen LogP contribution in [0.5, 0.6) is 5.75 Å². The molecule has 1 aromatic carbocycles. The lowest BCUT2D eigenvalue weighted by atomic mass is 9.86. The molecule has 1 fully saturated rings. The molecule has 3 nitrogen and oxygen atoms in total. The zero-order chi connectivity index (χ0) is 15.4. The van der Waals surface area contributed by atoms with Crippen LogP contribution in [0.4, 0.5) is 0 Å². The number of hydrogen-bond acceptors (Lipinski definition) is 2. The Balaban J connectivity index is 2.02. The van der Waals surface area contributed by atoms with E-state index in [1.165, 1.54) is 19.3 Å². The van der Waals surface area contributed by atoms with Gasteiger partial charge < -0.3 is 10.1 Å². The van der Waals surface area contributed by atoms with E-state index in [1.54, 1.807) is 7.11 Å². The maximum atomic E-state index is 12.3. The molecule has 1 aromatic rings. The second-order valence-corrected chi connectivity index (χ2v) is 6.35. The number of amides is 1. The van der Waals surface area contributed by atoms with E-state index >= 15 is 0 Å². The van der Waals surface area contributed by atoms with Crippen LogP contribution >= 0.6 is 0 Å². The van der Waals surface area contributed by atoms with Gasteiger partial charge in [0.05, 0.1) is 13.5 Å². The second kappa shape index (κ2) is 6.97. The highest BCUT2D eigenvalue weighted by molar-refractivity contribution is 5.79.